The minimum atomic E-state index is 0.0417. The lowest BCUT2D eigenvalue weighted by Crippen LogP contribution is -1.71. The molecule has 3 heteroatoms. The third-order valence-corrected chi connectivity index (χ3v) is 1.78. The maximum absolute atomic E-state index is 8.89. The molecule has 2 aromatic carbocycles. The first-order valence-electron chi connectivity index (χ1n) is 4.66. The number of para-hydroxylation sites is 2. The summed E-state index contributed by atoms with van der Waals surface area (Å²) in [5.74, 6) is 0.363. The molecule has 80 valence electrons. The van der Waals surface area contributed by atoms with Crippen molar-refractivity contribution in [1.82, 2.24) is 0 Å². The molecule has 0 aliphatic rings. The summed E-state index contributed by atoms with van der Waals surface area (Å²) in [6, 6.07) is 17.0. The summed E-state index contributed by atoms with van der Waals surface area (Å²) in [5, 5.41) is 25.8. The molecule has 0 amide bonds. The van der Waals surface area contributed by atoms with Gasteiger partial charge in [0.05, 0.1) is 5.56 Å². The van der Waals surface area contributed by atoms with Crippen LogP contribution in [0.5, 0.6) is 11.5 Å². The number of nitrogens with zero attached hydrogens (tertiary/aromatic N) is 1. The van der Waals surface area contributed by atoms with Gasteiger partial charge < -0.3 is 10.2 Å². The van der Waals surface area contributed by atoms with Crippen molar-refractivity contribution in [3.63, 3.8) is 0 Å². The van der Waals surface area contributed by atoms with E-state index in [0.717, 1.165) is 0 Å². The molecule has 0 aliphatic carbocycles. The summed E-state index contributed by atoms with van der Waals surface area (Å²) < 4.78 is 0. The van der Waals surface area contributed by atoms with Crippen LogP contribution in [-0.2, 0) is 0 Å². The largest absolute Gasteiger partial charge is 0.508 e. The molecule has 16 heavy (non-hydrogen) atoms. The van der Waals surface area contributed by atoms with E-state index in [0.29, 0.717) is 11.3 Å². The molecule has 0 aliphatic heterocycles. The van der Waals surface area contributed by atoms with Crippen molar-refractivity contribution in [1.29, 1.82) is 5.26 Å². The van der Waals surface area contributed by atoms with Crippen LogP contribution < -0.4 is 0 Å². The maximum Gasteiger partial charge on any atom is 0.133 e. The van der Waals surface area contributed by atoms with Crippen LogP contribution in [-0.4, -0.2) is 10.2 Å². The molecular weight excluding hydrogens is 202 g/mol. The van der Waals surface area contributed by atoms with Gasteiger partial charge in [0.15, 0.2) is 0 Å². The topological polar surface area (TPSA) is 64.2 Å². The van der Waals surface area contributed by atoms with Gasteiger partial charge in [-0.1, -0.05) is 30.3 Å². The molecular formula is C13H11NO2. The number of benzene rings is 2. The lowest BCUT2D eigenvalue weighted by atomic mass is 10.2. The predicted molar refractivity (Wildman–Crippen MR) is 60.9 cm³/mol. The fraction of sp³-hybridized carbons (Fsp3) is 0. The molecule has 0 heterocycles. The Morgan fingerprint density at radius 1 is 0.812 bits per heavy atom. The number of rotatable bonds is 0. The Balaban J connectivity index is 0.000000165. The van der Waals surface area contributed by atoms with Gasteiger partial charge in [-0.2, -0.15) is 5.26 Å². The van der Waals surface area contributed by atoms with Crippen LogP contribution in [0.1, 0.15) is 5.56 Å². The molecule has 0 atom stereocenters. The zero-order valence-corrected chi connectivity index (χ0v) is 8.54. The zero-order chi connectivity index (χ0) is 11.8. The summed E-state index contributed by atoms with van der Waals surface area (Å²) in [6.07, 6.45) is 0. The molecule has 3 nitrogen and oxygen atoms in total. The minimum absolute atomic E-state index is 0.0417. The van der Waals surface area contributed by atoms with Crippen LogP contribution in [0.4, 0.5) is 0 Å². The van der Waals surface area contributed by atoms with Gasteiger partial charge in [0.2, 0.25) is 0 Å². The predicted octanol–water partition coefficient (Wildman–Crippen LogP) is 2.66. The molecule has 0 saturated carbocycles. The lowest BCUT2D eigenvalue weighted by Gasteiger charge is -1.89. The Kier molecular flexibility index (Phi) is 4.42. The van der Waals surface area contributed by atoms with Gasteiger partial charge in [-0.15, -0.1) is 0 Å². The van der Waals surface area contributed by atoms with E-state index in [4.69, 9.17) is 15.5 Å². The monoisotopic (exact) mass is 213 g/mol. The molecule has 0 bridgehead atoms. The molecule has 0 spiro atoms. The Morgan fingerprint density at radius 2 is 1.38 bits per heavy atom. The van der Waals surface area contributed by atoms with Crippen LogP contribution in [0.2, 0.25) is 0 Å². The highest BCUT2D eigenvalue weighted by Gasteiger charge is 1.93. The van der Waals surface area contributed by atoms with Gasteiger partial charge in [0.25, 0.3) is 0 Å². The molecule has 0 saturated heterocycles. The highest BCUT2D eigenvalue weighted by molar-refractivity contribution is 5.41. The van der Waals surface area contributed by atoms with Crippen LogP contribution in [0.3, 0.4) is 0 Å². The summed E-state index contributed by atoms with van der Waals surface area (Å²) in [4.78, 5) is 0. The van der Waals surface area contributed by atoms with Gasteiger partial charge in [-0.25, -0.2) is 0 Å². The number of aromatic hydroxyl groups is 2. The Labute approximate surface area is 93.8 Å². The van der Waals surface area contributed by atoms with E-state index in [9.17, 15) is 0 Å². The summed E-state index contributed by atoms with van der Waals surface area (Å²) in [6.45, 7) is 0. The van der Waals surface area contributed by atoms with E-state index in [1.807, 2.05) is 12.1 Å². The summed E-state index contributed by atoms with van der Waals surface area (Å²) >= 11 is 0. The minimum Gasteiger partial charge on any atom is -0.508 e. The van der Waals surface area contributed by atoms with Crippen molar-refractivity contribution in [2.75, 3.05) is 0 Å². The normalized spacial score (nSPS) is 8.44. The second-order valence-electron chi connectivity index (χ2n) is 2.96. The molecule has 2 N–H and O–H groups in total. The quantitative estimate of drug-likeness (QED) is 0.707. The maximum atomic E-state index is 8.89. The van der Waals surface area contributed by atoms with E-state index >= 15 is 0 Å². The van der Waals surface area contributed by atoms with Crippen molar-refractivity contribution in [2.24, 2.45) is 0 Å². The van der Waals surface area contributed by atoms with Crippen molar-refractivity contribution in [2.45, 2.75) is 0 Å². The Morgan fingerprint density at radius 3 is 1.75 bits per heavy atom. The molecule has 0 unspecified atom stereocenters. The Hall–Kier alpha value is -2.47. The Bertz CT molecular complexity index is 475. The first kappa shape index (κ1) is 11.6. The highest BCUT2D eigenvalue weighted by atomic mass is 16.3. The van der Waals surface area contributed by atoms with Crippen molar-refractivity contribution in [3.05, 3.63) is 60.2 Å². The van der Waals surface area contributed by atoms with E-state index in [1.165, 1.54) is 6.07 Å². The fourth-order valence-corrected chi connectivity index (χ4v) is 0.996. The van der Waals surface area contributed by atoms with Crippen LogP contribution in [0, 0.1) is 11.3 Å². The van der Waals surface area contributed by atoms with Crippen LogP contribution in [0.25, 0.3) is 0 Å². The standard InChI is InChI=1S/C7H5NO.C6H6O/c8-5-6-3-1-2-4-7(6)9;7-6-4-2-1-3-5-6/h1-4,9H;1-5,7H. The van der Waals surface area contributed by atoms with E-state index in [1.54, 1.807) is 42.5 Å². The molecule has 2 rings (SSSR count). The molecule has 0 radical (unpaired) electrons. The van der Waals surface area contributed by atoms with Crippen LogP contribution in [0.15, 0.2) is 54.6 Å². The molecule has 2 aromatic rings. The SMILES string of the molecule is N#Cc1ccccc1O.Oc1ccccc1. The number of phenols is 2. The first-order valence-corrected chi connectivity index (χ1v) is 4.66. The molecule has 0 fully saturated rings. The highest BCUT2D eigenvalue weighted by Crippen LogP contribution is 2.12. The zero-order valence-electron chi connectivity index (χ0n) is 8.54. The summed E-state index contributed by atoms with van der Waals surface area (Å²) in [7, 11) is 0. The van der Waals surface area contributed by atoms with Crippen LogP contribution >= 0.6 is 0 Å². The van der Waals surface area contributed by atoms with Gasteiger partial charge in [-0.3, -0.25) is 0 Å². The third kappa shape index (κ3) is 3.72. The average molecular weight is 213 g/mol. The summed E-state index contributed by atoms with van der Waals surface area (Å²) in [5.41, 5.74) is 0.317. The van der Waals surface area contributed by atoms with Gasteiger partial charge in [0.1, 0.15) is 17.6 Å². The first-order chi connectivity index (χ1) is 7.74. The molecule has 0 aromatic heterocycles. The fourth-order valence-electron chi connectivity index (χ4n) is 0.996. The number of hydrogen-bond acceptors (Lipinski definition) is 3. The van der Waals surface area contributed by atoms with Gasteiger partial charge in [-0.05, 0) is 24.3 Å². The third-order valence-electron chi connectivity index (χ3n) is 1.78. The number of phenolic OH excluding ortho intramolecular Hbond substituents is 2. The smallest absolute Gasteiger partial charge is 0.133 e. The second kappa shape index (κ2) is 6.10. The number of hydrogen-bond donors (Lipinski definition) is 2. The average Bonchev–Trinajstić information content (AvgIpc) is 2.31. The number of nitriles is 1. The van der Waals surface area contributed by atoms with Crippen molar-refractivity contribution < 1.29 is 10.2 Å². The van der Waals surface area contributed by atoms with Gasteiger partial charge >= 0.3 is 0 Å². The van der Waals surface area contributed by atoms with E-state index < -0.39 is 0 Å². The van der Waals surface area contributed by atoms with Gasteiger partial charge in [0, 0.05) is 0 Å². The van der Waals surface area contributed by atoms with Crippen molar-refractivity contribution in [3.8, 4) is 17.6 Å². The lowest BCUT2D eigenvalue weighted by molar-refractivity contribution is 0.473. The van der Waals surface area contributed by atoms with E-state index in [2.05, 4.69) is 0 Å². The second-order valence-corrected chi connectivity index (χ2v) is 2.96. The van der Waals surface area contributed by atoms with Crippen molar-refractivity contribution >= 4 is 0 Å². The van der Waals surface area contributed by atoms with E-state index in [-0.39, 0.29) is 5.75 Å².